The van der Waals surface area contributed by atoms with E-state index in [1.807, 2.05) is 19.2 Å². The average Bonchev–Trinajstić information content (AvgIpc) is 2.41. The summed E-state index contributed by atoms with van der Waals surface area (Å²) in [5, 5.41) is 0. The summed E-state index contributed by atoms with van der Waals surface area (Å²) < 4.78 is 27.9. The quantitative estimate of drug-likeness (QED) is 0.679. The van der Waals surface area contributed by atoms with E-state index >= 15 is 0 Å². The van der Waals surface area contributed by atoms with Gasteiger partial charge in [-0.15, -0.1) is 0 Å². The molecule has 7 heteroatoms. The third-order valence-electron chi connectivity index (χ3n) is 2.87. The number of unbranched alkanes of at least 4 members (excludes halogenated alkanes) is 1. The Morgan fingerprint density at radius 1 is 1.35 bits per heavy atom. The smallest absolute Gasteiger partial charge is 0.241 e. The number of nitrogens with two attached hydrogens (primary N) is 1. The number of nitrogens with one attached hydrogen (secondary N) is 1. The van der Waals surface area contributed by atoms with E-state index in [1.54, 1.807) is 17.8 Å². The van der Waals surface area contributed by atoms with Gasteiger partial charge in [-0.3, -0.25) is 0 Å². The van der Waals surface area contributed by atoms with Gasteiger partial charge in [-0.05, 0) is 64.9 Å². The molecule has 0 aromatic heterocycles. The molecule has 0 amide bonds. The normalized spacial score (nSPS) is 11.8. The van der Waals surface area contributed by atoms with Crippen molar-refractivity contribution in [3.63, 3.8) is 0 Å². The first-order valence-corrected chi connectivity index (χ1v) is 10.1. The van der Waals surface area contributed by atoms with E-state index in [9.17, 15) is 8.42 Å². The molecule has 0 aliphatic rings. The molecule has 114 valence electrons. The van der Waals surface area contributed by atoms with Crippen molar-refractivity contribution >= 4 is 37.7 Å². The monoisotopic (exact) mass is 380 g/mol. The highest BCUT2D eigenvalue weighted by atomic mass is 79.9. The van der Waals surface area contributed by atoms with Gasteiger partial charge < -0.3 is 5.73 Å². The zero-order valence-corrected chi connectivity index (χ0v) is 15.0. The Morgan fingerprint density at radius 3 is 2.65 bits per heavy atom. The molecule has 0 atom stereocenters. The third-order valence-corrected chi connectivity index (χ3v) is 6.37. The molecular formula is C13H21BrN2O2S2. The van der Waals surface area contributed by atoms with Gasteiger partial charge >= 0.3 is 0 Å². The Hall–Kier alpha value is -0.0800. The molecule has 0 saturated heterocycles. The summed E-state index contributed by atoms with van der Waals surface area (Å²) in [6.45, 7) is 2.65. The van der Waals surface area contributed by atoms with E-state index in [1.165, 1.54) is 0 Å². The maximum atomic E-state index is 12.3. The Balaban J connectivity index is 2.84. The summed E-state index contributed by atoms with van der Waals surface area (Å²) in [7, 11) is -3.49. The minimum absolute atomic E-state index is 0.266. The van der Waals surface area contributed by atoms with Crippen LogP contribution in [0.5, 0.6) is 0 Å². The number of thioether (sulfide) groups is 1. The predicted molar refractivity (Wildman–Crippen MR) is 89.6 cm³/mol. The second-order valence-corrected chi connectivity index (χ2v) is 8.04. The number of hydrogen-bond donors (Lipinski definition) is 2. The van der Waals surface area contributed by atoms with E-state index in [4.69, 9.17) is 5.73 Å². The molecule has 1 rings (SSSR count). The van der Waals surface area contributed by atoms with Crippen LogP contribution in [0.4, 0.5) is 0 Å². The minimum atomic E-state index is -3.49. The van der Waals surface area contributed by atoms with Gasteiger partial charge in [0.15, 0.2) is 0 Å². The topological polar surface area (TPSA) is 72.2 Å². The summed E-state index contributed by atoms with van der Waals surface area (Å²) in [5.74, 6) is 1.05. The van der Waals surface area contributed by atoms with Crippen LogP contribution in [0, 0.1) is 6.92 Å². The first-order chi connectivity index (χ1) is 9.42. The van der Waals surface area contributed by atoms with Crippen LogP contribution in [0.1, 0.15) is 24.0 Å². The van der Waals surface area contributed by atoms with Crippen LogP contribution < -0.4 is 10.5 Å². The average molecular weight is 381 g/mol. The lowest BCUT2D eigenvalue weighted by Gasteiger charge is -2.12. The van der Waals surface area contributed by atoms with Crippen molar-refractivity contribution in [2.24, 2.45) is 5.73 Å². The molecule has 3 N–H and O–H groups in total. The van der Waals surface area contributed by atoms with Gasteiger partial charge in [-0.1, -0.05) is 6.07 Å². The lowest BCUT2D eigenvalue weighted by molar-refractivity contribution is 0.578. The van der Waals surface area contributed by atoms with Crippen LogP contribution in [-0.2, 0) is 16.6 Å². The minimum Gasteiger partial charge on any atom is -0.326 e. The predicted octanol–water partition coefficient (Wildman–Crippen LogP) is 2.64. The van der Waals surface area contributed by atoms with E-state index in [-0.39, 0.29) is 4.90 Å². The van der Waals surface area contributed by atoms with Gasteiger partial charge in [0.1, 0.15) is 0 Å². The lowest BCUT2D eigenvalue weighted by Crippen LogP contribution is -2.25. The summed E-state index contributed by atoms with van der Waals surface area (Å²) >= 11 is 5.12. The lowest BCUT2D eigenvalue weighted by atomic mass is 10.1. The molecule has 0 aliphatic heterocycles. The van der Waals surface area contributed by atoms with Crippen molar-refractivity contribution in [3.05, 3.63) is 27.7 Å². The molecule has 0 radical (unpaired) electrons. The highest BCUT2D eigenvalue weighted by Gasteiger charge is 2.19. The van der Waals surface area contributed by atoms with Crippen LogP contribution in [0.25, 0.3) is 0 Å². The van der Waals surface area contributed by atoms with Crippen molar-refractivity contribution in [1.29, 1.82) is 0 Å². The summed E-state index contributed by atoms with van der Waals surface area (Å²) in [6, 6.07) is 3.52. The van der Waals surface area contributed by atoms with Crippen molar-refractivity contribution in [3.8, 4) is 0 Å². The van der Waals surface area contributed by atoms with Gasteiger partial charge in [0.05, 0.1) is 4.90 Å². The largest absolute Gasteiger partial charge is 0.326 e. The molecule has 0 saturated carbocycles. The summed E-state index contributed by atoms with van der Waals surface area (Å²) in [4.78, 5) is 0.266. The SMILES string of the molecule is CSCCCCNS(=O)(=O)c1cc(CN)cc(C)c1Br. The number of sulfonamides is 1. The molecule has 0 bridgehead atoms. The van der Waals surface area contributed by atoms with E-state index in [2.05, 4.69) is 20.7 Å². The number of benzene rings is 1. The Morgan fingerprint density at radius 2 is 2.05 bits per heavy atom. The van der Waals surface area contributed by atoms with E-state index in [0.29, 0.717) is 17.6 Å². The van der Waals surface area contributed by atoms with Gasteiger partial charge in [0, 0.05) is 17.6 Å². The fraction of sp³-hybridized carbons (Fsp3) is 0.538. The molecule has 0 aliphatic carbocycles. The van der Waals surface area contributed by atoms with Gasteiger partial charge in [0.25, 0.3) is 0 Å². The second-order valence-electron chi connectivity index (χ2n) is 4.53. The van der Waals surface area contributed by atoms with Gasteiger partial charge in [-0.25, -0.2) is 13.1 Å². The Labute approximate surface area is 134 Å². The number of aryl methyl sites for hydroxylation is 1. The van der Waals surface area contributed by atoms with Crippen LogP contribution in [-0.4, -0.2) is 27.0 Å². The summed E-state index contributed by atoms with van der Waals surface area (Å²) in [6.07, 6.45) is 3.89. The molecule has 1 aromatic rings. The van der Waals surface area contributed by atoms with Crippen LogP contribution >= 0.6 is 27.7 Å². The molecule has 1 aromatic carbocycles. The molecule has 0 unspecified atom stereocenters. The fourth-order valence-corrected chi connectivity index (χ4v) is 4.41. The Bertz CT molecular complexity index is 548. The van der Waals surface area contributed by atoms with E-state index in [0.717, 1.165) is 29.7 Å². The van der Waals surface area contributed by atoms with Crippen LogP contribution in [0.15, 0.2) is 21.5 Å². The maximum Gasteiger partial charge on any atom is 0.241 e. The van der Waals surface area contributed by atoms with Crippen molar-refractivity contribution in [2.75, 3.05) is 18.6 Å². The number of hydrogen-bond acceptors (Lipinski definition) is 4. The van der Waals surface area contributed by atoms with Gasteiger partial charge in [0.2, 0.25) is 10.0 Å². The first kappa shape index (κ1) is 18.0. The molecular weight excluding hydrogens is 360 g/mol. The van der Waals surface area contributed by atoms with E-state index < -0.39 is 10.0 Å². The molecule has 0 spiro atoms. The van der Waals surface area contributed by atoms with Crippen molar-refractivity contribution in [2.45, 2.75) is 31.2 Å². The summed E-state index contributed by atoms with van der Waals surface area (Å²) in [5.41, 5.74) is 7.29. The van der Waals surface area contributed by atoms with Crippen molar-refractivity contribution in [1.82, 2.24) is 4.72 Å². The van der Waals surface area contributed by atoms with Crippen LogP contribution in [0.2, 0.25) is 0 Å². The molecule has 0 fully saturated rings. The Kier molecular flexibility index (Phi) is 7.53. The fourth-order valence-electron chi connectivity index (χ4n) is 1.78. The zero-order chi connectivity index (χ0) is 15.2. The highest BCUT2D eigenvalue weighted by Crippen LogP contribution is 2.27. The van der Waals surface area contributed by atoms with Crippen molar-refractivity contribution < 1.29 is 8.42 Å². The van der Waals surface area contributed by atoms with Crippen LogP contribution in [0.3, 0.4) is 0 Å². The zero-order valence-electron chi connectivity index (χ0n) is 11.8. The second kappa shape index (κ2) is 8.38. The molecule has 0 heterocycles. The third kappa shape index (κ3) is 5.04. The number of rotatable bonds is 8. The number of halogens is 1. The van der Waals surface area contributed by atoms with Gasteiger partial charge in [-0.2, -0.15) is 11.8 Å². The standard InChI is InChI=1S/C13H21BrN2O2S2/c1-10-7-11(9-15)8-12(13(10)14)20(17,18)16-5-3-4-6-19-2/h7-8,16H,3-6,9,15H2,1-2H3. The highest BCUT2D eigenvalue weighted by molar-refractivity contribution is 9.10. The molecule has 4 nitrogen and oxygen atoms in total. The first-order valence-electron chi connectivity index (χ1n) is 6.40. The molecule has 20 heavy (non-hydrogen) atoms. The maximum absolute atomic E-state index is 12.3.